The van der Waals surface area contributed by atoms with Crippen molar-refractivity contribution >= 4 is 24.0 Å². The Bertz CT molecular complexity index is 627. The van der Waals surface area contributed by atoms with E-state index in [9.17, 15) is 4.79 Å². The number of ether oxygens (including phenoxy) is 1. The van der Waals surface area contributed by atoms with Gasteiger partial charge in [0.05, 0.1) is 13.5 Å². The third kappa shape index (κ3) is 6.50. The number of carbonyl (C=O) groups excluding carboxylic acids is 1. The third-order valence-electron chi connectivity index (χ3n) is 3.78. The average molecular weight is 349 g/mol. The Kier molecular flexibility index (Phi) is 8.13. The second kappa shape index (κ2) is 9.83. The fourth-order valence-electron chi connectivity index (χ4n) is 2.39. The Hall–Kier alpha value is -2.20. The molecule has 2 rings (SSSR count). The normalized spacial score (nSPS) is 11.2. The number of carbonyl (C=O) groups is 1. The first-order valence-electron chi connectivity index (χ1n) is 7.83. The minimum absolute atomic E-state index is 0. The van der Waals surface area contributed by atoms with Crippen molar-refractivity contribution in [3.63, 3.8) is 0 Å². The van der Waals surface area contributed by atoms with E-state index in [0.717, 1.165) is 24.2 Å². The molecule has 4 nitrogen and oxygen atoms in total. The Labute approximate surface area is 149 Å². The number of anilines is 1. The van der Waals surface area contributed by atoms with Gasteiger partial charge in [-0.3, -0.25) is 4.79 Å². The number of benzene rings is 2. The molecular formula is C19H25ClN2O2. The molecule has 1 unspecified atom stereocenters. The second-order valence-corrected chi connectivity index (χ2v) is 5.77. The van der Waals surface area contributed by atoms with Crippen LogP contribution in [-0.4, -0.2) is 19.1 Å². The molecule has 0 saturated carbocycles. The van der Waals surface area contributed by atoms with E-state index in [1.54, 1.807) is 7.11 Å². The van der Waals surface area contributed by atoms with Crippen LogP contribution in [0.4, 0.5) is 5.69 Å². The summed E-state index contributed by atoms with van der Waals surface area (Å²) >= 11 is 0. The molecule has 1 amide bonds. The smallest absolute Gasteiger partial charge is 0.224 e. The van der Waals surface area contributed by atoms with E-state index < -0.39 is 0 Å². The summed E-state index contributed by atoms with van der Waals surface area (Å²) in [7, 11) is 1.66. The Morgan fingerprint density at radius 2 is 1.67 bits per heavy atom. The summed E-state index contributed by atoms with van der Waals surface area (Å²) in [5.74, 6) is 0.899. The van der Waals surface area contributed by atoms with Crippen LogP contribution >= 0.6 is 12.4 Å². The van der Waals surface area contributed by atoms with Crippen LogP contribution in [-0.2, 0) is 17.6 Å². The van der Waals surface area contributed by atoms with Gasteiger partial charge in [0.25, 0.3) is 0 Å². The molecule has 2 aromatic carbocycles. The number of methoxy groups -OCH3 is 1. The molecule has 0 aromatic heterocycles. The highest BCUT2D eigenvalue weighted by atomic mass is 35.5. The van der Waals surface area contributed by atoms with Crippen molar-refractivity contribution in [1.29, 1.82) is 0 Å². The predicted octanol–water partition coefficient (Wildman–Crippen LogP) is 3.38. The molecule has 0 radical (unpaired) electrons. The quantitative estimate of drug-likeness (QED) is 0.754. The molecule has 0 heterocycles. The molecule has 0 aliphatic rings. The van der Waals surface area contributed by atoms with Gasteiger partial charge in [-0.15, -0.1) is 12.4 Å². The zero-order valence-electron chi connectivity index (χ0n) is 14.1. The lowest BCUT2D eigenvalue weighted by Gasteiger charge is -2.14. The van der Waals surface area contributed by atoms with Crippen LogP contribution in [0.1, 0.15) is 24.5 Å². The van der Waals surface area contributed by atoms with Gasteiger partial charge >= 0.3 is 0 Å². The number of hydrogen-bond acceptors (Lipinski definition) is 3. The molecule has 0 fully saturated rings. The first-order valence-corrected chi connectivity index (χ1v) is 7.83. The molecule has 5 heteroatoms. The Morgan fingerprint density at radius 3 is 2.25 bits per heavy atom. The SMILES string of the molecule is COc1ccc(CCC(C)NC(=O)Cc2ccc(N)cc2)cc1.Cl. The summed E-state index contributed by atoms with van der Waals surface area (Å²) in [4.78, 5) is 12.0. The standard InChI is InChI=1S/C19H24N2O2.ClH/c1-14(3-4-15-7-11-18(23-2)12-8-15)21-19(22)13-16-5-9-17(20)10-6-16;/h5-12,14H,3-4,13,20H2,1-2H3,(H,21,22);1H. The van der Waals surface area contributed by atoms with E-state index in [0.29, 0.717) is 12.1 Å². The number of rotatable bonds is 7. The molecule has 0 bridgehead atoms. The van der Waals surface area contributed by atoms with Gasteiger partial charge in [0.1, 0.15) is 5.75 Å². The minimum Gasteiger partial charge on any atom is -0.497 e. The highest BCUT2D eigenvalue weighted by Crippen LogP contribution is 2.13. The maximum Gasteiger partial charge on any atom is 0.224 e. The van der Waals surface area contributed by atoms with Crippen molar-refractivity contribution in [2.75, 3.05) is 12.8 Å². The van der Waals surface area contributed by atoms with Gasteiger partial charge in [0.15, 0.2) is 0 Å². The topological polar surface area (TPSA) is 64.3 Å². The molecule has 0 aliphatic heterocycles. The number of halogens is 1. The number of nitrogens with two attached hydrogens (primary N) is 1. The van der Waals surface area contributed by atoms with Crippen LogP contribution in [0, 0.1) is 0 Å². The first-order chi connectivity index (χ1) is 11.1. The highest BCUT2D eigenvalue weighted by molar-refractivity contribution is 5.85. The van der Waals surface area contributed by atoms with E-state index in [4.69, 9.17) is 10.5 Å². The summed E-state index contributed by atoms with van der Waals surface area (Å²) in [6, 6.07) is 15.6. The number of aryl methyl sites for hydroxylation is 1. The Balaban J connectivity index is 0.00000288. The molecule has 0 aliphatic carbocycles. The maximum atomic E-state index is 12.0. The van der Waals surface area contributed by atoms with Gasteiger partial charge in [-0.1, -0.05) is 24.3 Å². The van der Waals surface area contributed by atoms with Crippen LogP contribution in [0.5, 0.6) is 5.75 Å². The zero-order valence-corrected chi connectivity index (χ0v) is 14.9. The minimum atomic E-state index is 0. The number of amides is 1. The van der Waals surface area contributed by atoms with Crippen molar-refractivity contribution in [2.24, 2.45) is 0 Å². The van der Waals surface area contributed by atoms with Crippen molar-refractivity contribution in [2.45, 2.75) is 32.2 Å². The second-order valence-electron chi connectivity index (χ2n) is 5.77. The van der Waals surface area contributed by atoms with Gasteiger partial charge in [-0.25, -0.2) is 0 Å². The first kappa shape index (κ1) is 19.8. The van der Waals surface area contributed by atoms with E-state index in [1.165, 1.54) is 5.56 Å². The van der Waals surface area contributed by atoms with Crippen molar-refractivity contribution in [3.8, 4) is 5.75 Å². The molecule has 130 valence electrons. The third-order valence-corrected chi connectivity index (χ3v) is 3.78. The number of hydrogen-bond donors (Lipinski definition) is 2. The van der Waals surface area contributed by atoms with Gasteiger partial charge < -0.3 is 15.8 Å². The summed E-state index contributed by atoms with van der Waals surface area (Å²) in [6.45, 7) is 2.03. The van der Waals surface area contributed by atoms with Gasteiger partial charge in [-0.2, -0.15) is 0 Å². The van der Waals surface area contributed by atoms with Crippen molar-refractivity contribution < 1.29 is 9.53 Å². The maximum absolute atomic E-state index is 12.0. The summed E-state index contributed by atoms with van der Waals surface area (Å²) < 4.78 is 5.15. The summed E-state index contributed by atoms with van der Waals surface area (Å²) in [6.07, 6.45) is 2.21. The zero-order chi connectivity index (χ0) is 16.7. The lowest BCUT2D eigenvalue weighted by molar-refractivity contribution is -0.121. The largest absolute Gasteiger partial charge is 0.497 e. The molecule has 1 atom stereocenters. The van der Waals surface area contributed by atoms with Crippen LogP contribution < -0.4 is 15.8 Å². The van der Waals surface area contributed by atoms with Gasteiger partial charge in [-0.05, 0) is 55.2 Å². The van der Waals surface area contributed by atoms with Crippen LogP contribution in [0.2, 0.25) is 0 Å². The fourth-order valence-corrected chi connectivity index (χ4v) is 2.39. The average Bonchev–Trinajstić information content (AvgIpc) is 2.55. The van der Waals surface area contributed by atoms with E-state index in [2.05, 4.69) is 17.4 Å². The number of nitrogens with one attached hydrogen (secondary N) is 1. The molecule has 24 heavy (non-hydrogen) atoms. The fraction of sp³-hybridized carbons (Fsp3) is 0.316. The number of nitrogen functional groups attached to an aromatic ring is 1. The monoisotopic (exact) mass is 348 g/mol. The lowest BCUT2D eigenvalue weighted by Crippen LogP contribution is -2.34. The highest BCUT2D eigenvalue weighted by Gasteiger charge is 2.08. The Morgan fingerprint density at radius 1 is 1.08 bits per heavy atom. The van der Waals surface area contributed by atoms with E-state index >= 15 is 0 Å². The van der Waals surface area contributed by atoms with Crippen molar-refractivity contribution in [1.82, 2.24) is 5.32 Å². The van der Waals surface area contributed by atoms with Crippen LogP contribution in [0.3, 0.4) is 0 Å². The molecule has 0 spiro atoms. The summed E-state index contributed by atoms with van der Waals surface area (Å²) in [5, 5.41) is 3.04. The van der Waals surface area contributed by atoms with Crippen LogP contribution in [0.15, 0.2) is 48.5 Å². The van der Waals surface area contributed by atoms with Gasteiger partial charge in [0, 0.05) is 11.7 Å². The molecule has 2 aromatic rings. The molecular weight excluding hydrogens is 324 g/mol. The molecule has 0 saturated heterocycles. The molecule has 3 N–H and O–H groups in total. The lowest BCUT2D eigenvalue weighted by atomic mass is 10.1. The van der Waals surface area contributed by atoms with Crippen LogP contribution in [0.25, 0.3) is 0 Å². The van der Waals surface area contributed by atoms with Gasteiger partial charge in [0.2, 0.25) is 5.91 Å². The van der Waals surface area contributed by atoms with E-state index in [-0.39, 0.29) is 24.4 Å². The predicted molar refractivity (Wildman–Crippen MR) is 101 cm³/mol. The summed E-state index contributed by atoms with van der Waals surface area (Å²) in [5.41, 5.74) is 8.57. The van der Waals surface area contributed by atoms with E-state index in [1.807, 2.05) is 43.3 Å². The van der Waals surface area contributed by atoms with Crippen molar-refractivity contribution in [3.05, 3.63) is 59.7 Å².